The maximum Gasteiger partial charge on any atom is 0.227 e. The van der Waals surface area contributed by atoms with Crippen LogP contribution in [0.2, 0.25) is 0 Å². The highest BCUT2D eigenvalue weighted by molar-refractivity contribution is 5.97. The molecule has 2 aromatic rings. The molecule has 1 aromatic carbocycles. The molecule has 0 unspecified atom stereocenters. The van der Waals surface area contributed by atoms with E-state index in [1.807, 2.05) is 31.2 Å². The third-order valence-corrected chi connectivity index (χ3v) is 4.58. The Morgan fingerprint density at radius 3 is 2.91 bits per heavy atom. The van der Waals surface area contributed by atoms with E-state index < -0.39 is 0 Å². The number of rotatable bonds is 0. The summed E-state index contributed by atoms with van der Waals surface area (Å²) in [7, 11) is 0. The van der Waals surface area contributed by atoms with Gasteiger partial charge in [0, 0.05) is 29.4 Å². The van der Waals surface area contributed by atoms with Crippen molar-refractivity contribution in [1.82, 2.24) is 4.98 Å². The van der Waals surface area contributed by atoms with Gasteiger partial charge in [0.1, 0.15) is 0 Å². The molecule has 4 nitrogen and oxygen atoms in total. The minimum Gasteiger partial charge on any atom is -0.325 e. The minimum atomic E-state index is -0.0860. The van der Waals surface area contributed by atoms with Gasteiger partial charge >= 0.3 is 0 Å². The van der Waals surface area contributed by atoms with E-state index in [1.165, 1.54) is 0 Å². The quantitative estimate of drug-likeness (QED) is 0.777. The first-order valence-electron chi connectivity index (χ1n) is 8.18. The van der Waals surface area contributed by atoms with Crippen molar-refractivity contribution in [3.05, 3.63) is 47.8 Å². The SMILES string of the molecule is Cc1cccc2c1-c1ccnc(c1)[C@@H](N)CCC[C@@H](C)C(=O)N2. The molecule has 0 saturated carbocycles. The van der Waals surface area contributed by atoms with Crippen molar-refractivity contribution < 1.29 is 4.79 Å². The molecule has 120 valence electrons. The number of hydrogen-bond acceptors (Lipinski definition) is 3. The molecule has 0 saturated heterocycles. The van der Waals surface area contributed by atoms with Gasteiger partial charge in [0.15, 0.2) is 0 Å². The van der Waals surface area contributed by atoms with Gasteiger partial charge in [0.25, 0.3) is 0 Å². The standard InChI is InChI=1S/C19H23N3O/c1-12-5-4-8-16-18(12)14-9-10-21-17(11-14)15(20)7-3-6-13(2)19(23)22-16/h4-5,8-11,13,15H,3,6-7,20H2,1-2H3,(H,22,23)/t13-,15+/m1/s1. The van der Waals surface area contributed by atoms with E-state index in [-0.39, 0.29) is 17.9 Å². The fourth-order valence-electron chi connectivity index (χ4n) is 3.14. The lowest BCUT2D eigenvalue weighted by Gasteiger charge is -2.20. The molecule has 1 aromatic heterocycles. The van der Waals surface area contributed by atoms with Crippen molar-refractivity contribution in [2.45, 2.75) is 39.2 Å². The van der Waals surface area contributed by atoms with Gasteiger partial charge in [0.05, 0.1) is 5.69 Å². The Morgan fingerprint density at radius 1 is 1.26 bits per heavy atom. The average Bonchev–Trinajstić information content (AvgIpc) is 2.54. The molecule has 4 heteroatoms. The highest BCUT2D eigenvalue weighted by atomic mass is 16.1. The molecule has 0 spiro atoms. The van der Waals surface area contributed by atoms with Gasteiger partial charge in [-0.05, 0) is 49.1 Å². The van der Waals surface area contributed by atoms with Crippen molar-refractivity contribution in [2.24, 2.45) is 11.7 Å². The monoisotopic (exact) mass is 309 g/mol. The Balaban J connectivity index is 2.15. The summed E-state index contributed by atoms with van der Waals surface area (Å²) in [5.41, 5.74) is 11.3. The minimum absolute atomic E-state index is 0.0266. The van der Waals surface area contributed by atoms with Gasteiger partial charge in [-0.2, -0.15) is 0 Å². The Hall–Kier alpha value is -2.20. The Kier molecular flexibility index (Phi) is 4.44. The van der Waals surface area contributed by atoms with E-state index in [0.29, 0.717) is 0 Å². The van der Waals surface area contributed by atoms with Crippen LogP contribution in [0.4, 0.5) is 5.69 Å². The number of nitrogens with one attached hydrogen (secondary N) is 1. The van der Waals surface area contributed by atoms with E-state index >= 15 is 0 Å². The zero-order chi connectivity index (χ0) is 16.4. The number of aryl methyl sites for hydroxylation is 1. The molecule has 3 N–H and O–H groups in total. The van der Waals surface area contributed by atoms with Crippen molar-refractivity contribution in [2.75, 3.05) is 5.32 Å². The highest BCUT2D eigenvalue weighted by Crippen LogP contribution is 2.33. The number of aromatic nitrogens is 1. The number of carbonyl (C=O) groups is 1. The summed E-state index contributed by atoms with van der Waals surface area (Å²) in [5, 5.41) is 3.10. The van der Waals surface area contributed by atoms with Crippen LogP contribution in [-0.4, -0.2) is 10.9 Å². The second-order valence-corrected chi connectivity index (χ2v) is 6.39. The third-order valence-electron chi connectivity index (χ3n) is 4.58. The van der Waals surface area contributed by atoms with E-state index in [0.717, 1.165) is 47.3 Å². The lowest BCUT2D eigenvalue weighted by molar-refractivity contribution is -0.119. The molecule has 0 aliphatic carbocycles. The summed E-state index contributed by atoms with van der Waals surface area (Å²) >= 11 is 0. The lowest BCUT2D eigenvalue weighted by atomic mass is 9.94. The molecular formula is C19H23N3O. The van der Waals surface area contributed by atoms with Crippen LogP contribution in [0, 0.1) is 12.8 Å². The topological polar surface area (TPSA) is 68.0 Å². The summed E-state index contributed by atoms with van der Waals surface area (Å²) in [6.45, 7) is 4.03. The van der Waals surface area contributed by atoms with E-state index in [9.17, 15) is 4.79 Å². The second-order valence-electron chi connectivity index (χ2n) is 6.39. The van der Waals surface area contributed by atoms with Crippen LogP contribution in [0.5, 0.6) is 0 Å². The molecule has 3 rings (SSSR count). The van der Waals surface area contributed by atoms with Crippen LogP contribution < -0.4 is 11.1 Å². The fraction of sp³-hybridized carbons (Fsp3) is 0.368. The summed E-state index contributed by atoms with van der Waals surface area (Å²) in [6.07, 6.45) is 4.40. The molecule has 2 heterocycles. The van der Waals surface area contributed by atoms with Gasteiger partial charge < -0.3 is 11.1 Å². The molecular weight excluding hydrogens is 286 g/mol. The number of amides is 1. The Labute approximate surface area is 137 Å². The maximum atomic E-state index is 12.5. The highest BCUT2D eigenvalue weighted by Gasteiger charge is 2.19. The Morgan fingerprint density at radius 2 is 2.09 bits per heavy atom. The average molecular weight is 309 g/mol. The number of pyridine rings is 1. The van der Waals surface area contributed by atoms with Crippen molar-refractivity contribution in [1.29, 1.82) is 0 Å². The number of fused-ring (bicyclic) bond motifs is 4. The summed E-state index contributed by atoms with van der Waals surface area (Å²) < 4.78 is 0. The largest absolute Gasteiger partial charge is 0.325 e. The number of nitrogens with two attached hydrogens (primary N) is 1. The first kappa shape index (κ1) is 15.7. The van der Waals surface area contributed by atoms with Gasteiger partial charge in [-0.1, -0.05) is 25.5 Å². The summed E-state index contributed by atoms with van der Waals surface area (Å²) in [4.78, 5) is 16.9. The number of hydrogen-bond donors (Lipinski definition) is 2. The molecule has 2 atom stereocenters. The van der Waals surface area contributed by atoms with Crippen LogP contribution in [0.25, 0.3) is 11.1 Å². The zero-order valence-electron chi connectivity index (χ0n) is 13.7. The normalized spacial score (nSPS) is 21.6. The molecule has 2 bridgehead atoms. The fourth-order valence-corrected chi connectivity index (χ4v) is 3.14. The van der Waals surface area contributed by atoms with E-state index in [2.05, 4.69) is 23.3 Å². The van der Waals surface area contributed by atoms with Crippen LogP contribution >= 0.6 is 0 Å². The number of anilines is 1. The van der Waals surface area contributed by atoms with E-state index in [1.54, 1.807) is 6.20 Å². The predicted octanol–water partition coefficient (Wildman–Crippen LogP) is 3.82. The smallest absolute Gasteiger partial charge is 0.227 e. The number of benzene rings is 1. The van der Waals surface area contributed by atoms with Gasteiger partial charge in [0.2, 0.25) is 5.91 Å². The second kappa shape index (κ2) is 6.50. The van der Waals surface area contributed by atoms with Crippen LogP contribution in [-0.2, 0) is 4.79 Å². The third kappa shape index (κ3) is 3.27. The van der Waals surface area contributed by atoms with Crippen molar-refractivity contribution in [3.63, 3.8) is 0 Å². The predicted molar refractivity (Wildman–Crippen MR) is 93.0 cm³/mol. The molecule has 23 heavy (non-hydrogen) atoms. The van der Waals surface area contributed by atoms with E-state index in [4.69, 9.17) is 5.73 Å². The first-order valence-corrected chi connectivity index (χ1v) is 8.18. The van der Waals surface area contributed by atoms with Crippen molar-refractivity contribution in [3.8, 4) is 11.1 Å². The van der Waals surface area contributed by atoms with Crippen molar-refractivity contribution >= 4 is 11.6 Å². The van der Waals surface area contributed by atoms with Crippen LogP contribution in [0.1, 0.15) is 43.5 Å². The molecule has 1 aliphatic rings. The lowest BCUT2D eigenvalue weighted by Crippen LogP contribution is -2.22. The summed E-state index contributed by atoms with van der Waals surface area (Å²) in [6, 6.07) is 9.92. The van der Waals surface area contributed by atoms with Crippen LogP contribution in [0.3, 0.4) is 0 Å². The summed E-state index contributed by atoms with van der Waals surface area (Å²) in [5.74, 6) is 0.0431. The zero-order valence-corrected chi connectivity index (χ0v) is 13.7. The van der Waals surface area contributed by atoms with Gasteiger partial charge in [-0.3, -0.25) is 9.78 Å². The molecule has 1 amide bonds. The maximum absolute atomic E-state index is 12.5. The first-order chi connectivity index (χ1) is 11.1. The van der Waals surface area contributed by atoms with Gasteiger partial charge in [-0.15, -0.1) is 0 Å². The van der Waals surface area contributed by atoms with Gasteiger partial charge in [-0.25, -0.2) is 0 Å². The molecule has 0 radical (unpaired) electrons. The molecule has 1 aliphatic heterocycles. The Bertz CT molecular complexity index is 726. The van der Waals surface area contributed by atoms with Crippen LogP contribution in [0.15, 0.2) is 36.5 Å². The number of nitrogens with zero attached hydrogens (tertiary/aromatic N) is 1. The molecule has 0 fully saturated rings. The number of carbonyl (C=O) groups excluding carboxylic acids is 1.